The number of nitrogens with one attached hydrogen (secondary N) is 1. The van der Waals surface area contributed by atoms with Gasteiger partial charge in [-0.3, -0.25) is 9.59 Å². The van der Waals surface area contributed by atoms with Crippen LogP contribution in [0, 0.1) is 5.82 Å². The largest absolute Gasteiger partial charge is 0.311 e. The van der Waals surface area contributed by atoms with Crippen LogP contribution in [0.3, 0.4) is 0 Å². The van der Waals surface area contributed by atoms with Gasteiger partial charge in [-0.15, -0.1) is 0 Å². The number of aromatic nitrogens is 1. The van der Waals surface area contributed by atoms with Crippen LogP contribution in [-0.2, 0) is 16.0 Å². The van der Waals surface area contributed by atoms with Gasteiger partial charge in [-0.25, -0.2) is 9.37 Å². The molecule has 2 aliphatic rings. The highest BCUT2D eigenvalue weighted by atomic mass is 32.1. The van der Waals surface area contributed by atoms with E-state index in [0.29, 0.717) is 22.9 Å². The predicted octanol–water partition coefficient (Wildman–Crippen LogP) is 3.45. The zero-order chi connectivity index (χ0) is 17.8. The van der Waals surface area contributed by atoms with Crippen LogP contribution in [0.2, 0.25) is 0 Å². The SMILES string of the molecule is O=C(Nc1nc2ccccc2s1)C1C(=O)N2CCCc3cc(F)cc1c32. The normalized spacial score (nSPS) is 18.3. The number of thiazole rings is 1. The van der Waals surface area contributed by atoms with Gasteiger partial charge in [0.1, 0.15) is 11.7 Å². The number of carbonyl (C=O) groups excluding carboxylic acids is 2. The molecule has 0 saturated carbocycles. The molecule has 0 saturated heterocycles. The van der Waals surface area contributed by atoms with Gasteiger partial charge in [-0.05, 0) is 42.7 Å². The van der Waals surface area contributed by atoms with Crippen molar-refractivity contribution in [2.75, 3.05) is 16.8 Å². The summed E-state index contributed by atoms with van der Waals surface area (Å²) in [7, 11) is 0. The van der Waals surface area contributed by atoms with Gasteiger partial charge in [0.25, 0.3) is 0 Å². The fraction of sp³-hybridized carbons (Fsp3) is 0.211. The summed E-state index contributed by atoms with van der Waals surface area (Å²) in [5.74, 6) is -2.18. The lowest BCUT2D eigenvalue weighted by molar-refractivity contribution is -0.126. The van der Waals surface area contributed by atoms with Crippen molar-refractivity contribution in [2.24, 2.45) is 0 Å². The van der Waals surface area contributed by atoms with E-state index in [1.165, 1.54) is 23.5 Å². The van der Waals surface area contributed by atoms with Crippen molar-refractivity contribution in [2.45, 2.75) is 18.8 Å². The van der Waals surface area contributed by atoms with Gasteiger partial charge < -0.3 is 10.2 Å². The predicted molar refractivity (Wildman–Crippen MR) is 98.1 cm³/mol. The van der Waals surface area contributed by atoms with Gasteiger partial charge in [0, 0.05) is 12.1 Å². The first-order valence-corrected chi connectivity index (χ1v) is 9.23. The molecular weight excluding hydrogens is 353 g/mol. The van der Waals surface area contributed by atoms with Crippen LogP contribution in [0.25, 0.3) is 10.2 Å². The summed E-state index contributed by atoms with van der Waals surface area (Å²) in [5.41, 5.74) is 2.77. The summed E-state index contributed by atoms with van der Waals surface area (Å²) < 4.78 is 15.0. The van der Waals surface area contributed by atoms with Crippen molar-refractivity contribution in [1.82, 2.24) is 4.98 Å². The third-order valence-electron chi connectivity index (χ3n) is 4.89. The summed E-state index contributed by atoms with van der Waals surface area (Å²) >= 11 is 1.35. The first-order chi connectivity index (χ1) is 12.6. The van der Waals surface area contributed by atoms with Gasteiger partial charge in [0.2, 0.25) is 11.8 Å². The number of nitrogens with zero attached hydrogens (tertiary/aromatic N) is 2. The minimum Gasteiger partial charge on any atom is -0.311 e. The Bertz CT molecular complexity index is 1040. The standard InChI is InChI=1S/C19H14FN3O2S/c20-11-8-10-4-3-7-23-16(10)12(9-11)15(18(23)25)17(24)22-19-21-13-5-1-2-6-14(13)26-19/h1-2,5-6,8-9,15H,3-4,7H2,(H,21,22,24). The average Bonchev–Trinajstić information content (AvgIpc) is 3.14. The molecule has 0 bridgehead atoms. The summed E-state index contributed by atoms with van der Waals surface area (Å²) in [6.07, 6.45) is 1.49. The molecule has 0 fully saturated rings. The Hall–Kier alpha value is -2.80. The van der Waals surface area contributed by atoms with Crippen molar-refractivity contribution in [3.63, 3.8) is 0 Å². The summed E-state index contributed by atoms with van der Waals surface area (Å²) in [4.78, 5) is 31.7. The van der Waals surface area contributed by atoms with E-state index in [2.05, 4.69) is 10.3 Å². The second-order valence-corrected chi connectivity index (χ2v) is 7.54. The molecule has 130 valence electrons. The van der Waals surface area contributed by atoms with Gasteiger partial charge in [-0.2, -0.15) is 0 Å². The highest BCUT2D eigenvalue weighted by Crippen LogP contribution is 2.43. The van der Waals surface area contributed by atoms with Crippen molar-refractivity contribution < 1.29 is 14.0 Å². The first kappa shape index (κ1) is 15.5. The third kappa shape index (κ3) is 2.24. The molecule has 1 aromatic heterocycles. The molecule has 3 heterocycles. The third-order valence-corrected chi connectivity index (χ3v) is 5.84. The maximum Gasteiger partial charge on any atom is 0.244 e. The van der Waals surface area contributed by atoms with Crippen LogP contribution in [0.15, 0.2) is 36.4 Å². The summed E-state index contributed by atoms with van der Waals surface area (Å²) in [6, 6.07) is 10.3. The second kappa shape index (κ2) is 5.60. The lowest BCUT2D eigenvalue weighted by atomic mass is 9.95. The zero-order valence-electron chi connectivity index (χ0n) is 13.7. The Morgan fingerprint density at radius 1 is 1.31 bits per heavy atom. The quantitative estimate of drug-likeness (QED) is 0.706. The van der Waals surface area contributed by atoms with Crippen molar-refractivity contribution >= 4 is 44.2 Å². The van der Waals surface area contributed by atoms with E-state index in [0.717, 1.165) is 28.6 Å². The fourth-order valence-corrected chi connectivity index (χ4v) is 4.69. The number of fused-ring (bicyclic) bond motifs is 1. The van der Waals surface area contributed by atoms with E-state index in [1.807, 2.05) is 24.3 Å². The first-order valence-electron chi connectivity index (χ1n) is 8.42. The number of hydrogen-bond donors (Lipinski definition) is 1. The monoisotopic (exact) mass is 367 g/mol. The van der Waals surface area contributed by atoms with Crippen LogP contribution < -0.4 is 10.2 Å². The summed E-state index contributed by atoms with van der Waals surface area (Å²) in [6.45, 7) is 0.565. The number of rotatable bonds is 2. The smallest absolute Gasteiger partial charge is 0.244 e. The molecule has 1 N–H and O–H groups in total. The number of halogens is 1. The average molecular weight is 367 g/mol. The molecule has 0 aliphatic carbocycles. The Morgan fingerprint density at radius 2 is 2.15 bits per heavy atom. The minimum absolute atomic E-state index is 0.287. The van der Waals surface area contributed by atoms with E-state index >= 15 is 0 Å². The van der Waals surface area contributed by atoms with Gasteiger partial charge in [0.15, 0.2) is 5.13 Å². The number of benzene rings is 2. The molecule has 1 unspecified atom stereocenters. The fourth-order valence-electron chi connectivity index (χ4n) is 3.82. The molecule has 0 spiro atoms. The summed E-state index contributed by atoms with van der Waals surface area (Å²) in [5, 5.41) is 3.19. The van der Waals surface area contributed by atoms with Crippen LogP contribution in [0.1, 0.15) is 23.5 Å². The molecule has 3 aromatic rings. The number of aryl methyl sites for hydroxylation is 1. The molecule has 5 nitrogen and oxygen atoms in total. The molecule has 2 aromatic carbocycles. The van der Waals surface area contributed by atoms with Crippen LogP contribution in [0.4, 0.5) is 15.2 Å². The molecule has 0 radical (unpaired) electrons. The maximum absolute atomic E-state index is 14.0. The van der Waals surface area contributed by atoms with E-state index in [9.17, 15) is 14.0 Å². The highest BCUT2D eigenvalue weighted by molar-refractivity contribution is 7.22. The molecule has 2 amide bonds. The van der Waals surface area contributed by atoms with Crippen LogP contribution >= 0.6 is 11.3 Å². The topological polar surface area (TPSA) is 62.3 Å². The number of carbonyl (C=O) groups is 2. The van der Waals surface area contributed by atoms with Crippen molar-refractivity contribution in [3.8, 4) is 0 Å². The zero-order valence-corrected chi connectivity index (χ0v) is 14.5. The molecule has 7 heteroatoms. The Morgan fingerprint density at radius 3 is 3.00 bits per heavy atom. The van der Waals surface area contributed by atoms with E-state index in [1.54, 1.807) is 4.90 Å². The van der Waals surface area contributed by atoms with Crippen LogP contribution in [0.5, 0.6) is 0 Å². The van der Waals surface area contributed by atoms with E-state index in [4.69, 9.17) is 0 Å². The molecular formula is C19H14FN3O2S. The van der Waals surface area contributed by atoms with Gasteiger partial charge in [-0.1, -0.05) is 23.5 Å². The van der Waals surface area contributed by atoms with Gasteiger partial charge in [0.05, 0.1) is 15.9 Å². The van der Waals surface area contributed by atoms with Crippen LogP contribution in [-0.4, -0.2) is 23.3 Å². The highest BCUT2D eigenvalue weighted by Gasteiger charge is 2.44. The molecule has 1 atom stereocenters. The Kier molecular flexibility index (Phi) is 3.33. The Balaban J connectivity index is 1.52. The molecule has 2 aliphatic heterocycles. The molecule has 5 rings (SSSR count). The van der Waals surface area contributed by atoms with E-state index in [-0.39, 0.29) is 5.91 Å². The number of hydrogen-bond acceptors (Lipinski definition) is 4. The van der Waals surface area contributed by atoms with Crippen molar-refractivity contribution in [3.05, 3.63) is 53.3 Å². The number of anilines is 2. The second-order valence-electron chi connectivity index (χ2n) is 6.51. The number of amides is 2. The number of para-hydroxylation sites is 1. The lowest BCUT2D eigenvalue weighted by Gasteiger charge is -2.25. The lowest BCUT2D eigenvalue weighted by Crippen LogP contribution is -2.36. The molecule has 26 heavy (non-hydrogen) atoms. The van der Waals surface area contributed by atoms with Gasteiger partial charge >= 0.3 is 0 Å². The minimum atomic E-state index is -1.02. The van der Waals surface area contributed by atoms with E-state index < -0.39 is 17.6 Å². The van der Waals surface area contributed by atoms with Crippen molar-refractivity contribution in [1.29, 1.82) is 0 Å². The Labute approximate surface area is 152 Å². The maximum atomic E-state index is 14.0.